The van der Waals surface area contributed by atoms with Crippen LogP contribution in [0.15, 0.2) is 24.3 Å². The Hall–Kier alpha value is -2.15. The van der Waals surface area contributed by atoms with E-state index in [1.54, 1.807) is 13.8 Å². The number of hydrogen-bond donors (Lipinski definition) is 3. The first kappa shape index (κ1) is 14.3. The summed E-state index contributed by atoms with van der Waals surface area (Å²) in [7, 11) is 0. The number of rotatable bonds is 4. The molecule has 0 fully saturated rings. The maximum Gasteiger partial charge on any atom is 0.326 e. The summed E-state index contributed by atoms with van der Waals surface area (Å²) in [5.74, 6) is -1.26. The van der Waals surface area contributed by atoms with Crippen molar-refractivity contribution in [3.8, 4) is 0 Å². The zero-order valence-electron chi connectivity index (χ0n) is 11.1. The number of benzene rings is 1. The second-order valence-electron chi connectivity index (χ2n) is 4.65. The molecule has 2 amide bonds. The lowest BCUT2D eigenvalue weighted by Gasteiger charge is -2.17. The molecule has 0 saturated carbocycles. The summed E-state index contributed by atoms with van der Waals surface area (Å²) < 4.78 is 0.960. The normalized spacial score (nSPS) is 12.3. The molecule has 6 nitrogen and oxygen atoms in total. The fraction of sp³-hybridized carbons (Fsp3) is 0.308. The minimum atomic E-state index is -1.06. The number of nitrogens with one attached hydrogen (secondary N) is 2. The van der Waals surface area contributed by atoms with Gasteiger partial charge >= 0.3 is 12.0 Å². The molecule has 2 rings (SSSR count). The van der Waals surface area contributed by atoms with E-state index in [4.69, 9.17) is 5.11 Å². The van der Waals surface area contributed by atoms with Gasteiger partial charge in [-0.25, -0.2) is 14.6 Å². The molecule has 0 aliphatic heterocycles. The van der Waals surface area contributed by atoms with Crippen molar-refractivity contribution in [3.05, 3.63) is 24.3 Å². The van der Waals surface area contributed by atoms with Crippen molar-refractivity contribution in [2.24, 2.45) is 5.92 Å². The van der Waals surface area contributed by atoms with Gasteiger partial charge in [-0.1, -0.05) is 37.3 Å². The molecule has 0 radical (unpaired) electrons. The number of anilines is 1. The van der Waals surface area contributed by atoms with Crippen LogP contribution in [0.5, 0.6) is 0 Å². The highest BCUT2D eigenvalue weighted by Crippen LogP contribution is 2.25. The van der Waals surface area contributed by atoms with Crippen molar-refractivity contribution >= 4 is 38.7 Å². The number of urea groups is 1. The quantitative estimate of drug-likeness (QED) is 0.807. The number of carbonyl (C=O) groups excluding carboxylic acids is 1. The molecule has 0 unspecified atom stereocenters. The standard InChI is InChI=1S/C13H15N3O3S/c1-7(2)10(11(17)18)15-12(19)16-13-14-8-5-3-4-6-9(8)20-13/h3-7,10H,1-2H3,(H,17,18)(H2,14,15,16,19)/t10-/m1/s1. The number of fused-ring (bicyclic) bond motifs is 1. The topological polar surface area (TPSA) is 91.3 Å². The summed E-state index contributed by atoms with van der Waals surface area (Å²) in [4.78, 5) is 27.1. The highest BCUT2D eigenvalue weighted by atomic mass is 32.1. The monoisotopic (exact) mass is 293 g/mol. The molecule has 1 heterocycles. The van der Waals surface area contributed by atoms with E-state index >= 15 is 0 Å². The van der Waals surface area contributed by atoms with E-state index in [1.807, 2.05) is 24.3 Å². The number of aliphatic carboxylic acids is 1. The third-order valence-electron chi connectivity index (χ3n) is 2.73. The van der Waals surface area contributed by atoms with Crippen LogP contribution < -0.4 is 10.6 Å². The van der Waals surface area contributed by atoms with Crippen molar-refractivity contribution in [2.75, 3.05) is 5.32 Å². The Balaban J connectivity index is 2.05. The predicted octanol–water partition coefficient (Wildman–Crippen LogP) is 2.53. The first-order chi connectivity index (χ1) is 9.47. The van der Waals surface area contributed by atoms with Crippen molar-refractivity contribution in [1.82, 2.24) is 10.3 Å². The molecule has 7 heteroatoms. The largest absolute Gasteiger partial charge is 0.480 e. The van der Waals surface area contributed by atoms with Gasteiger partial charge in [0.05, 0.1) is 10.2 Å². The molecule has 20 heavy (non-hydrogen) atoms. The van der Waals surface area contributed by atoms with E-state index in [9.17, 15) is 9.59 Å². The van der Waals surface area contributed by atoms with Gasteiger partial charge in [-0.05, 0) is 18.1 Å². The Kier molecular flexibility index (Phi) is 4.19. The minimum absolute atomic E-state index is 0.200. The van der Waals surface area contributed by atoms with Crippen LogP contribution in [-0.2, 0) is 4.79 Å². The Bertz CT molecular complexity index is 606. The lowest BCUT2D eigenvalue weighted by Crippen LogP contribution is -2.46. The second kappa shape index (κ2) is 5.87. The number of thiazole rings is 1. The van der Waals surface area contributed by atoms with Gasteiger partial charge in [-0.15, -0.1) is 0 Å². The van der Waals surface area contributed by atoms with Crippen molar-refractivity contribution < 1.29 is 14.7 Å². The number of carboxylic acid groups (broad SMARTS) is 1. The molecule has 1 aromatic heterocycles. The minimum Gasteiger partial charge on any atom is -0.480 e. The van der Waals surface area contributed by atoms with Gasteiger partial charge in [-0.3, -0.25) is 5.32 Å². The third-order valence-corrected chi connectivity index (χ3v) is 3.69. The van der Waals surface area contributed by atoms with Gasteiger partial charge in [0.1, 0.15) is 6.04 Å². The fourth-order valence-electron chi connectivity index (χ4n) is 1.71. The number of carbonyl (C=O) groups is 2. The molecule has 0 aliphatic carbocycles. The summed E-state index contributed by atoms with van der Waals surface area (Å²) in [6, 6.07) is 6.02. The van der Waals surface area contributed by atoms with Crippen molar-refractivity contribution in [3.63, 3.8) is 0 Å². The van der Waals surface area contributed by atoms with Crippen LogP contribution in [0.2, 0.25) is 0 Å². The average Bonchev–Trinajstić information content (AvgIpc) is 2.77. The van der Waals surface area contributed by atoms with E-state index < -0.39 is 18.0 Å². The molecule has 3 N–H and O–H groups in total. The molecule has 0 saturated heterocycles. The van der Waals surface area contributed by atoms with E-state index in [0.717, 1.165) is 10.2 Å². The Morgan fingerprint density at radius 3 is 2.60 bits per heavy atom. The first-order valence-corrected chi connectivity index (χ1v) is 6.95. The van der Waals surface area contributed by atoms with Gasteiger partial charge in [0.15, 0.2) is 5.13 Å². The average molecular weight is 293 g/mol. The van der Waals surface area contributed by atoms with Gasteiger partial charge < -0.3 is 10.4 Å². The molecule has 1 atom stereocenters. The second-order valence-corrected chi connectivity index (χ2v) is 5.68. The van der Waals surface area contributed by atoms with E-state index in [2.05, 4.69) is 15.6 Å². The predicted molar refractivity (Wildman–Crippen MR) is 78.0 cm³/mol. The van der Waals surface area contributed by atoms with Gasteiger partial charge in [0.25, 0.3) is 0 Å². The Morgan fingerprint density at radius 2 is 2.00 bits per heavy atom. The highest BCUT2D eigenvalue weighted by Gasteiger charge is 2.23. The van der Waals surface area contributed by atoms with Crippen molar-refractivity contribution in [1.29, 1.82) is 0 Å². The lowest BCUT2D eigenvalue weighted by atomic mass is 10.1. The van der Waals surface area contributed by atoms with Crippen molar-refractivity contribution in [2.45, 2.75) is 19.9 Å². The lowest BCUT2D eigenvalue weighted by molar-refractivity contribution is -0.140. The zero-order valence-corrected chi connectivity index (χ0v) is 11.9. The Morgan fingerprint density at radius 1 is 1.30 bits per heavy atom. The third kappa shape index (κ3) is 3.24. The number of nitrogens with zero attached hydrogens (tertiary/aromatic N) is 1. The number of aromatic nitrogens is 1. The summed E-state index contributed by atoms with van der Waals surface area (Å²) in [5.41, 5.74) is 0.798. The van der Waals surface area contributed by atoms with E-state index in [-0.39, 0.29) is 5.92 Å². The maximum atomic E-state index is 11.8. The van der Waals surface area contributed by atoms with Crippen LogP contribution in [-0.4, -0.2) is 28.1 Å². The summed E-state index contributed by atoms with van der Waals surface area (Å²) in [5, 5.41) is 14.5. The summed E-state index contributed by atoms with van der Waals surface area (Å²) in [6.07, 6.45) is 0. The summed E-state index contributed by atoms with van der Waals surface area (Å²) >= 11 is 1.34. The van der Waals surface area contributed by atoms with E-state index in [1.165, 1.54) is 11.3 Å². The number of amides is 2. The van der Waals surface area contributed by atoms with Gasteiger partial charge in [-0.2, -0.15) is 0 Å². The van der Waals surface area contributed by atoms with Crippen LogP contribution in [0.4, 0.5) is 9.93 Å². The van der Waals surface area contributed by atoms with Gasteiger partial charge in [0, 0.05) is 0 Å². The molecule has 0 bridgehead atoms. The summed E-state index contributed by atoms with van der Waals surface area (Å²) in [6.45, 7) is 3.47. The molecular formula is C13H15N3O3S. The molecule has 2 aromatic rings. The van der Waals surface area contributed by atoms with Gasteiger partial charge in [0.2, 0.25) is 0 Å². The molecule has 1 aromatic carbocycles. The molecular weight excluding hydrogens is 278 g/mol. The molecule has 0 aliphatic rings. The number of hydrogen-bond acceptors (Lipinski definition) is 4. The van der Waals surface area contributed by atoms with Crippen LogP contribution in [0.1, 0.15) is 13.8 Å². The number of para-hydroxylation sites is 1. The fourth-order valence-corrected chi connectivity index (χ4v) is 2.57. The smallest absolute Gasteiger partial charge is 0.326 e. The molecule has 106 valence electrons. The maximum absolute atomic E-state index is 11.8. The Labute approximate surface area is 119 Å². The van der Waals surface area contributed by atoms with E-state index in [0.29, 0.717) is 5.13 Å². The number of carboxylic acids is 1. The van der Waals surface area contributed by atoms with Crippen LogP contribution in [0.25, 0.3) is 10.2 Å². The first-order valence-electron chi connectivity index (χ1n) is 6.13. The molecule has 0 spiro atoms. The zero-order chi connectivity index (χ0) is 14.7. The van der Waals surface area contributed by atoms with Crippen LogP contribution in [0, 0.1) is 5.92 Å². The highest BCUT2D eigenvalue weighted by molar-refractivity contribution is 7.22. The van der Waals surface area contributed by atoms with Crippen LogP contribution in [0.3, 0.4) is 0 Å². The van der Waals surface area contributed by atoms with Crippen LogP contribution >= 0.6 is 11.3 Å². The SMILES string of the molecule is CC(C)[C@@H](NC(=O)Nc1nc2ccccc2s1)C(=O)O.